The lowest BCUT2D eigenvalue weighted by molar-refractivity contribution is 0.0866. The van der Waals surface area contributed by atoms with E-state index >= 15 is 0 Å². The molecule has 36 heavy (non-hydrogen) atoms. The van der Waals surface area contributed by atoms with Crippen LogP contribution in [0.3, 0.4) is 0 Å². The van der Waals surface area contributed by atoms with Crippen molar-refractivity contribution in [1.29, 1.82) is 0 Å². The third-order valence-corrected chi connectivity index (χ3v) is 7.54. The van der Waals surface area contributed by atoms with Crippen LogP contribution in [0.15, 0.2) is 84.5 Å². The lowest BCUT2D eigenvalue weighted by Crippen LogP contribution is -2.51. The summed E-state index contributed by atoms with van der Waals surface area (Å²) in [6, 6.07) is 19.1. The molecule has 2 unspecified atom stereocenters. The van der Waals surface area contributed by atoms with E-state index in [1.807, 2.05) is 48.1 Å². The number of hydrogen-bond acceptors (Lipinski definition) is 5. The molecule has 4 aromatic rings. The Morgan fingerprint density at radius 3 is 2.67 bits per heavy atom. The normalized spacial score (nSPS) is 20.2. The molecule has 180 valence electrons. The van der Waals surface area contributed by atoms with Crippen molar-refractivity contribution in [3.05, 3.63) is 90.6 Å². The molecule has 8 heteroatoms. The number of aromatic nitrogens is 3. The molecule has 2 aromatic heterocycles. The molecule has 2 atom stereocenters. The Hall–Kier alpha value is -4.33. The maximum absolute atomic E-state index is 13.7. The first-order chi connectivity index (χ1) is 17.7. The highest BCUT2D eigenvalue weighted by molar-refractivity contribution is 6.22. The minimum Gasteiger partial charge on any atom is -0.341 e. The lowest BCUT2D eigenvalue weighted by atomic mass is 10.1. The van der Waals surface area contributed by atoms with Crippen molar-refractivity contribution in [3.63, 3.8) is 0 Å². The van der Waals surface area contributed by atoms with Gasteiger partial charge in [-0.3, -0.25) is 9.69 Å². The number of guanidine groups is 1. The Bertz CT molecular complexity index is 1450. The number of para-hydroxylation sites is 1. The minimum atomic E-state index is -0.0207. The van der Waals surface area contributed by atoms with Crippen LogP contribution in [-0.4, -0.2) is 50.0 Å². The second kappa shape index (κ2) is 8.12. The number of fused-ring (bicyclic) bond motifs is 5. The van der Waals surface area contributed by atoms with E-state index in [-0.39, 0.29) is 11.9 Å². The van der Waals surface area contributed by atoms with Crippen LogP contribution in [0, 0.1) is 0 Å². The maximum atomic E-state index is 13.7. The molecule has 2 aliphatic heterocycles. The summed E-state index contributed by atoms with van der Waals surface area (Å²) in [5, 5.41) is 3.56. The van der Waals surface area contributed by atoms with Gasteiger partial charge >= 0.3 is 0 Å². The predicted octanol–water partition coefficient (Wildman–Crippen LogP) is 4.65. The zero-order valence-corrected chi connectivity index (χ0v) is 20.1. The number of carbonyl (C=O) groups is 1. The zero-order chi connectivity index (χ0) is 24.2. The van der Waals surface area contributed by atoms with Gasteiger partial charge < -0.3 is 19.4 Å². The van der Waals surface area contributed by atoms with Gasteiger partial charge in [0.15, 0.2) is 0 Å². The molecule has 8 nitrogen and oxygen atoms in total. The lowest BCUT2D eigenvalue weighted by Gasteiger charge is -2.35. The molecule has 1 saturated carbocycles. The summed E-state index contributed by atoms with van der Waals surface area (Å²) in [4.78, 5) is 26.8. The van der Waals surface area contributed by atoms with Gasteiger partial charge in [0.25, 0.3) is 5.91 Å². The van der Waals surface area contributed by atoms with Crippen LogP contribution in [0.5, 0.6) is 0 Å². The van der Waals surface area contributed by atoms with E-state index < -0.39 is 0 Å². The Morgan fingerprint density at radius 2 is 1.89 bits per heavy atom. The first kappa shape index (κ1) is 21.0. The second-order valence-corrected chi connectivity index (χ2v) is 9.72. The molecule has 1 N–H and O–H groups in total. The van der Waals surface area contributed by atoms with Crippen molar-refractivity contribution in [2.75, 3.05) is 17.3 Å². The number of anilines is 3. The largest absolute Gasteiger partial charge is 0.341 e. The first-order valence-electron chi connectivity index (χ1n) is 12.4. The van der Waals surface area contributed by atoms with E-state index in [9.17, 15) is 4.79 Å². The Morgan fingerprint density at radius 1 is 1.06 bits per heavy atom. The number of carbonyl (C=O) groups excluding carboxylic acids is 1. The van der Waals surface area contributed by atoms with Crippen LogP contribution in [-0.2, 0) is 6.54 Å². The number of imidazole rings is 1. The van der Waals surface area contributed by atoms with Gasteiger partial charge in [0.1, 0.15) is 11.4 Å². The monoisotopic (exact) mass is 477 g/mol. The molecule has 7 rings (SSSR count). The van der Waals surface area contributed by atoms with E-state index in [0.29, 0.717) is 18.2 Å². The quantitative estimate of drug-likeness (QED) is 0.454. The molecule has 1 amide bonds. The second-order valence-electron chi connectivity index (χ2n) is 9.72. The molecule has 0 saturated heterocycles. The number of aliphatic imine (C=N–C) groups is 1. The molecule has 3 aliphatic rings. The van der Waals surface area contributed by atoms with Crippen LogP contribution in [0.25, 0.3) is 5.69 Å². The van der Waals surface area contributed by atoms with Crippen molar-refractivity contribution >= 4 is 29.1 Å². The van der Waals surface area contributed by atoms with E-state index in [2.05, 4.69) is 50.2 Å². The third-order valence-electron chi connectivity index (χ3n) is 7.54. The Labute approximate surface area is 209 Å². The molecule has 2 aromatic carbocycles. The molecular weight excluding hydrogens is 450 g/mol. The molecule has 0 spiro atoms. The standard InChI is InChI=1S/C28H27N7O/c1-32-27(36)25-24(35-23-9-5-8-22(23)31-28(32)35)17-34(26(25)30-20-6-3-2-4-7-20)16-19-10-12-21(13-11-19)33-15-14-29-18-33/h2-4,6-7,10-15,17-18,22-23,30H,5,8-9,16H2,1H3. The van der Waals surface area contributed by atoms with Crippen LogP contribution in [0.2, 0.25) is 0 Å². The average Bonchev–Trinajstić information content (AvgIpc) is 3.69. The summed E-state index contributed by atoms with van der Waals surface area (Å²) < 4.78 is 4.15. The minimum absolute atomic E-state index is 0.0207. The fourth-order valence-corrected chi connectivity index (χ4v) is 5.76. The van der Waals surface area contributed by atoms with E-state index in [1.54, 1.807) is 17.4 Å². The van der Waals surface area contributed by atoms with Gasteiger partial charge in [-0.1, -0.05) is 30.3 Å². The molecule has 0 bridgehead atoms. The van der Waals surface area contributed by atoms with Crippen LogP contribution >= 0.6 is 0 Å². The zero-order valence-electron chi connectivity index (χ0n) is 20.1. The van der Waals surface area contributed by atoms with Gasteiger partial charge in [0.05, 0.1) is 24.1 Å². The fraction of sp³-hybridized carbons (Fsp3) is 0.250. The highest BCUT2D eigenvalue weighted by Gasteiger charge is 2.48. The van der Waals surface area contributed by atoms with Crippen LogP contribution in [0.1, 0.15) is 35.2 Å². The average molecular weight is 478 g/mol. The summed E-state index contributed by atoms with van der Waals surface area (Å²) in [7, 11) is 1.84. The van der Waals surface area contributed by atoms with Crippen LogP contribution < -0.4 is 10.2 Å². The summed E-state index contributed by atoms with van der Waals surface area (Å²) in [6.07, 6.45) is 11.0. The van der Waals surface area contributed by atoms with Gasteiger partial charge in [-0.2, -0.15) is 0 Å². The molecule has 0 radical (unpaired) electrons. The van der Waals surface area contributed by atoms with E-state index in [4.69, 9.17) is 4.99 Å². The van der Waals surface area contributed by atoms with E-state index in [0.717, 1.165) is 47.2 Å². The maximum Gasteiger partial charge on any atom is 0.266 e. The molecular formula is C28H27N7O. The predicted molar refractivity (Wildman–Crippen MR) is 140 cm³/mol. The topological polar surface area (TPSA) is 70.7 Å². The summed E-state index contributed by atoms with van der Waals surface area (Å²) in [6.45, 7) is 0.637. The fourth-order valence-electron chi connectivity index (χ4n) is 5.76. The van der Waals surface area contributed by atoms with Gasteiger partial charge in [-0.15, -0.1) is 0 Å². The smallest absolute Gasteiger partial charge is 0.266 e. The van der Waals surface area contributed by atoms with Crippen molar-refractivity contribution < 1.29 is 4.79 Å². The number of nitrogens with zero attached hydrogens (tertiary/aromatic N) is 6. The number of hydrogen-bond donors (Lipinski definition) is 1. The van der Waals surface area contributed by atoms with Gasteiger partial charge in [-0.05, 0) is 49.1 Å². The Balaban J connectivity index is 1.31. The first-order valence-corrected chi connectivity index (χ1v) is 12.4. The summed E-state index contributed by atoms with van der Waals surface area (Å²) >= 11 is 0. The number of amides is 1. The molecule has 1 aliphatic carbocycles. The number of nitrogens with one attached hydrogen (secondary N) is 1. The van der Waals surface area contributed by atoms with Crippen molar-refractivity contribution in [2.24, 2.45) is 4.99 Å². The van der Waals surface area contributed by atoms with Gasteiger partial charge in [0.2, 0.25) is 5.96 Å². The summed E-state index contributed by atoms with van der Waals surface area (Å²) in [5.41, 5.74) is 4.83. The molecule has 4 heterocycles. The van der Waals surface area contributed by atoms with Gasteiger partial charge in [0, 0.05) is 43.6 Å². The summed E-state index contributed by atoms with van der Waals surface area (Å²) in [5.74, 6) is 1.58. The van der Waals surface area contributed by atoms with Crippen molar-refractivity contribution in [2.45, 2.75) is 37.9 Å². The van der Waals surface area contributed by atoms with Gasteiger partial charge in [-0.25, -0.2) is 9.98 Å². The SMILES string of the molecule is CN1C(=O)c2c(cn(Cc3ccc(-n4ccnc4)cc3)c2Nc2ccccc2)N2C1=NC1CCCC12. The number of rotatable bonds is 5. The third kappa shape index (κ3) is 3.25. The number of benzene rings is 2. The van der Waals surface area contributed by atoms with E-state index in [1.165, 1.54) is 6.42 Å². The highest BCUT2D eigenvalue weighted by Crippen LogP contribution is 2.44. The van der Waals surface area contributed by atoms with Crippen LogP contribution in [0.4, 0.5) is 17.2 Å². The van der Waals surface area contributed by atoms with Crippen molar-refractivity contribution in [3.8, 4) is 5.69 Å². The highest BCUT2D eigenvalue weighted by atomic mass is 16.2. The Kier molecular flexibility index (Phi) is 4.73. The molecule has 1 fully saturated rings. The van der Waals surface area contributed by atoms with Crippen molar-refractivity contribution in [1.82, 2.24) is 19.0 Å².